The zero-order chi connectivity index (χ0) is 17.4. The van der Waals surface area contributed by atoms with E-state index in [2.05, 4.69) is 29.8 Å². The molecule has 0 bridgehead atoms. The number of nitrogens with zero attached hydrogens (tertiary/aromatic N) is 1. The van der Waals surface area contributed by atoms with Gasteiger partial charge in [-0.2, -0.15) is 0 Å². The number of para-hydroxylation sites is 1. The van der Waals surface area contributed by atoms with Crippen molar-refractivity contribution in [2.24, 2.45) is 0 Å². The Morgan fingerprint density at radius 2 is 2.00 bits per heavy atom. The smallest absolute Gasteiger partial charge is 0.231 e. The summed E-state index contributed by atoms with van der Waals surface area (Å²) in [5, 5.41) is 1.11. The second-order valence-electron chi connectivity index (χ2n) is 5.92. The van der Waals surface area contributed by atoms with Crippen LogP contribution >= 0.6 is 0 Å². The van der Waals surface area contributed by atoms with Crippen molar-refractivity contribution >= 4 is 22.8 Å². The van der Waals surface area contributed by atoms with Gasteiger partial charge in [-0.1, -0.05) is 18.2 Å². The van der Waals surface area contributed by atoms with Crippen LogP contribution in [0.5, 0.6) is 11.5 Å². The van der Waals surface area contributed by atoms with Crippen molar-refractivity contribution in [1.82, 2.24) is 4.57 Å². The molecule has 0 fully saturated rings. The van der Waals surface area contributed by atoms with Crippen molar-refractivity contribution in [3.8, 4) is 11.5 Å². The van der Waals surface area contributed by atoms with Crippen LogP contribution in [0.3, 0.4) is 0 Å². The summed E-state index contributed by atoms with van der Waals surface area (Å²) in [6.45, 7) is 5.47. The number of aromatic nitrogens is 1. The minimum atomic E-state index is -0.0913. The minimum Gasteiger partial charge on any atom is -0.494 e. The van der Waals surface area contributed by atoms with Crippen molar-refractivity contribution in [2.45, 2.75) is 20.4 Å². The maximum Gasteiger partial charge on any atom is 0.231 e. The molecule has 0 unspecified atom stereocenters. The Morgan fingerprint density at radius 1 is 1.16 bits per heavy atom. The van der Waals surface area contributed by atoms with Gasteiger partial charge in [0, 0.05) is 35.3 Å². The maximum absolute atomic E-state index is 12.6. The van der Waals surface area contributed by atoms with Crippen LogP contribution in [0.4, 0.5) is 0 Å². The highest BCUT2D eigenvalue weighted by Gasteiger charge is 2.28. The molecule has 2 heterocycles. The summed E-state index contributed by atoms with van der Waals surface area (Å²) in [5.74, 6) is 1.52. The van der Waals surface area contributed by atoms with Crippen LogP contribution in [-0.2, 0) is 6.54 Å². The Hall–Kier alpha value is -3.01. The lowest BCUT2D eigenvalue weighted by Crippen LogP contribution is -1.97. The highest BCUT2D eigenvalue weighted by atomic mass is 16.5. The summed E-state index contributed by atoms with van der Waals surface area (Å²) in [4.78, 5) is 12.6. The topological polar surface area (TPSA) is 40.5 Å². The van der Waals surface area contributed by atoms with Gasteiger partial charge >= 0.3 is 0 Å². The van der Waals surface area contributed by atoms with E-state index in [9.17, 15) is 4.79 Å². The van der Waals surface area contributed by atoms with Crippen molar-refractivity contribution in [1.29, 1.82) is 0 Å². The predicted octanol–water partition coefficient (Wildman–Crippen LogP) is 4.68. The average Bonchev–Trinajstić information content (AvgIpc) is 3.14. The van der Waals surface area contributed by atoms with Crippen LogP contribution in [0, 0.1) is 0 Å². The molecule has 2 aromatic carbocycles. The van der Waals surface area contributed by atoms with E-state index in [-0.39, 0.29) is 5.78 Å². The Labute approximate surface area is 146 Å². The summed E-state index contributed by atoms with van der Waals surface area (Å²) in [7, 11) is 0. The first kappa shape index (κ1) is 15.5. The highest BCUT2D eigenvalue weighted by Crippen LogP contribution is 2.35. The molecular weight excluding hydrogens is 314 g/mol. The number of fused-ring (bicyclic) bond motifs is 2. The summed E-state index contributed by atoms with van der Waals surface area (Å²) in [6.07, 6.45) is 3.89. The van der Waals surface area contributed by atoms with Gasteiger partial charge in [0.1, 0.15) is 11.5 Å². The second kappa shape index (κ2) is 6.13. The van der Waals surface area contributed by atoms with Crippen LogP contribution < -0.4 is 9.47 Å². The first-order valence-corrected chi connectivity index (χ1v) is 8.50. The number of hydrogen-bond acceptors (Lipinski definition) is 3. The number of ether oxygens (including phenoxy) is 2. The molecule has 126 valence electrons. The SMILES string of the molecule is CCOc1ccc2c(c1)O/C(=C/c1cn(CC)c3ccccc13)C2=O. The summed E-state index contributed by atoms with van der Waals surface area (Å²) >= 11 is 0. The van der Waals surface area contributed by atoms with Crippen LogP contribution in [-0.4, -0.2) is 17.0 Å². The Bertz CT molecular complexity index is 998. The molecule has 0 spiro atoms. The van der Waals surface area contributed by atoms with Gasteiger partial charge in [0.15, 0.2) is 5.76 Å². The number of carbonyl (C=O) groups is 1. The number of carbonyl (C=O) groups excluding carboxylic acids is 1. The van der Waals surface area contributed by atoms with E-state index >= 15 is 0 Å². The number of aryl methyl sites for hydroxylation is 1. The van der Waals surface area contributed by atoms with Crippen molar-refractivity contribution in [3.05, 3.63) is 65.5 Å². The van der Waals surface area contributed by atoms with Gasteiger partial charge in [-0.15, -0.1) is 0 Å². The zero-order valence-corrected chi connectivity index (χ0v) is 14.3. The van der Waals surface area contributed by atoms with Gasteiger partial charge in [-0.25, -0.2) is 0 Å². The third kappa shape index (κ3) is 2.60. The number of hydrogen-bond donors (Lipinski definition) is 0. The fourth-order valence-corrected chi connectivity index (χ4v) is 3.22. The van der Waals surface area contributed by atoms with E-state index in [1.165, 1.54) is 0 Å². The normalized spacial score (nSPS) is 14.8. The Kier molecular flexibility index (Phi) is 3.80. The molecule has 4 heteroatoms. The lowest BCUT2D eigenvalue weighted by molar-refractivity contribution is 0.101. The molecule has 0 radical (unpaired) electrons. The van der Waals surface area contributed by atoms with Gasteiger partial charge in [-0.05, 0) is 38.1 Å². The monoisotopic (exact) mass is 333 g/mol. The van der Waals surface area contributed by atoms with Gasteiger partial charge in [-0.3, -0.25) is 4.79 Å². The van der Waals surface area contributed by atoms with E-state index in [4.69, 9.17) is 9.47 Å². The van der Waals surface area contributed by atoms with Crippen LogP contribution in [0.2, 0.25) is 0 Å². The molecule has 0 saturated carbocycles. The van der Waals surface area contributed by atoms with Gasteiger partial charge < -0.3 is 14.0 Å². The average molecular weight is 333 g/mol. The summed E-state index contributed by atoms with van der Waals surface area (Å²) < 4.78 is 13.5. The third-order valence-corrected chi connectivity index (χ3v) is 4.40. The molecule has 0 aliphatic carbocycles. The lowest BCUT2D eigenvalue weighted by Gasteiger charge is -2.03. The number of ketones is 1. The maximum atomic E-state index is 12.6. The first-order chi connectivity index (χ1) is 12.2. The number of rotatable bonds is 4. The molecule has 1 aliphatic heterocycles. The van der Waals surface area contributed by atoms with E-state index in [0.29, 0.717) is 29.4 Å². The molecule has 4 rings (SSSR count). The third-order valence-electron chi connectivity index (χ3n) is 4.40. The second-order valence-corrected chi connectivity index (χ2v) is 5.92. The molecule has 0 amide bonds. The predicted molar refractivity (Wildman–Crippen MR) is 98.2 cm³/mol. The minimum absolute atomic E-state index is 0.0913. The number of benzene rings is 2. The zero-order valence-electron chi connectivity index (χ0n) is 14.3. The van der Waals surface area contributed by atoms with E-state index in [1.54, 1.807) is 18.2 Å². The van der Waals surface area contributed by atoms with Crippen LogP contribution in [0.1, 0.15) is 29.8 Å². The van der Waals surface area contributed by atoms with E-state index in [0.717, 1.165) is 23.0 Å². The molecule has 1 aromatic heterocycles. The summed E-state index contributed by atoms with van der Waals surface area (Å²) in [5.41, 5.74) is 2.71. The quantitative estimate of drug-likeness (QED) is 0.651. The van der Waals surface area contributed by atoms with Crippen LogP contribution in [0.15, 0.2) is 54.4 Å². The van der Waals surface area contributed by atoms with Gasteiger partial charge in [0.25, 0.3) is 0 Å². The van der Waals surface area contributed by atoms with E-state index < -0.39 is 0 Å². The molecule has 25 heavy (non-hydrogen) atoms. The first-order valence-electron chi connectivity index (χ1n) is 8.50. The Balaban J connectivity index is 1.75. The van der Waals surface area contributed by atoms with Gasteiger partial charge in [0.2, 0.25) is 5.78 Å². The molecule has 4 nitrogen and oxygen atoms in total. The fraction of sp³-hybridized carbons (Fsp3) is 0.190. The van der Waals surface area contributed by atoms with E-state index in [1.807, 2.05) is 25.1 Å². The largest absolute Gasteiger partial charge is 0.494 e. The molecule has 0 saturated heterocycles. The van der Waals surface area contributed by atoms with Crippen LogP contribution in [0.25, 0.3) is 17.0 Å². The van der Waals surface area contributed by atoms with Gasteiger partial charge in [0.05, 0.1) is 12.2 Å². The standard InChI is InChI=1S/C21H19NO3/c1-3-22-13-14(16-7-5-6-8-18(16)22)11-20-21(23)17-10-9-15(24-4-2)12-19(17)25-20/h5-13H,3-4H2,1-2H3/b20-11+. The fourth-order valence-electron chi connectivity index (χ4n) is 3.22. The molecular formula is C21H19NO3. The molecule has 3 aromatic rings. The molecule has 0 N–H and O–H groups in total. The number of Topliss-reactive ketones (excluding diaryl/α,β-unsaturated/α-hetero) is 1. The highest BCUT2D eigenvalue weighted by molar-refractivity contribution is 6.15. The molecule has 0 atom stereocenters. The summed E-state index contributed by atoms with van der Waals surface area (Å²) in [6, 6.07) is 13.5. The molecule has 1 aliphatic rings. The number of allylic oxidation sites excluding steroid dienone is 1. The Morgan fingerprint density at radius 3 is 2.80 bits per heavy atom. The van der Waals surface area contributed by atoms with Crippen molar-refractivity contribution in [2.75, 3.05) is 6.61 Å². The van der Waals surface area contributed by atoms with Crippen molar-refractivity contribution in [3.63, 3.8) is 0 Å². The lowest BCUT2D eigenvalue weighted by atomic mass is 10.1. The van der Waals surface area contributed by atoms with Crippen molar-refractivity contribution < 1.29 is 14.3 Å².